The molecule has 5 heteroatoms. The fourth-order valence-corrected chi connectivity index (χ4v) is 2.22. The molecule has 0 saturated carbocycles. The minimum absolute atomic E-state index is 0.782. The minimum atomic E-state index is 0.782. The third-order valence-electron chi connectivity index (χ3n) is 2.79. The van der Waals surface area contributed by atoms with Crippen molar-refractivity contribution in [3.63, 3.8) is 0 Å². The summed E-state index contributed by atoms with van der Waals surface area (Å²) in [5.74, 6) is 0. The number of aromatic amines is 1. The molecule has 0 saturated heterocycles. The van der Waals surface area contributed by atoms with Crippen molar-refractivity contribution in [1.82, 2.24) is 20.2 Å². The van der Waals surface area contributed by atoms with Crippen LogP contribution >= 0.6 is 11.8 Å². The third-order valence-corrected chi connectivity index (χ3v) is 3.35. The average molecular weight is 268 g/mol. The molecule has 0 aliphatic heterocycles. The lowest BCUT2D eigenvalue weighted by atomic mass is 10.1. The number of nitrogens with zero attached hydrogens (tertiary/aromatic N) is 3. The molecule has 0 bridgehead atoms. The predicted molar refractivity (Wildman–Crippen MR) is 76.8 cm³/mol. The number of hydrogen-bond donors (Lipinski definition) is 1. The number of nitrogens with one attached hydrogen (secondary N) is 1. The number of thioether (sulfide) groups is 1. The van der Waals surface area contributed by atoms with Crippen molar-refractivity contribution in [2.75, 3.05) is 6.26 Å². The van der Waals surface area contributed by atoms with Crippen molar-refractivity contribution in [2.24, 2.45) is 0 Å². The Morgan fingerprint density at radius 1 is 1.05 bits per heavy atom. The molecule has 1 N–H and O–H groups in total. The molecule has 0 aliphatic carbocycles. The zero-order valence-electron chi connectivity index (χ0n) is 10.4. The predicted octanol–water partition coefficient (Wildman–Crippen LogP) is 3.26. The molecule has 2 aromatic heterocycles. The van der Waals surface area contributed by atoms with Gasteiger partial charge in [0.15, 0.2) is 5.16 Å². The van der Waals surface area contributed by atoms with Gasteiger partial charge in [0.2, 0.25) is 0 Å². The van der Waals surface area contributed by atoms with Gasteiger partial charge in [0, 0.05) is 23.5 Å². The lowest BCUT2D eigenvalue weighted by molar-refractivity contribution is 0.976. The monoisotopic (exact) mass is 268 g/mol. The van der Waals surface area contributed by atoms with Crippen molar-refractivity contribution < 1.29 is 0 Å². The van der Waals surface area contributed by atoms with Crippen LogP contribution in [0.15, 0.2) is 53.9 Å². The van der Waals surface area contributed by atoms with Gasteiger partial charge in [-0.2, -0.15) is 5.10 Å². The first-order valence-corrected chi connectivity index (χ1v) is 7.06. The fraction of sp³-hybridized carbons (Fsp3) is 0.0714. The summed E-state index contributed by atoms with van der Waals surface area (Å²) in [6, 6.07) is 12.1. The van der Waals surface area contributed by atoms with Crippen molar-refractivity contribution >= 4 is 11.8 Å². The summed E-state index contributed by atoms with van der Waals surface area (Å²) in [5.41, 5.74) is 4.10. The molecule has 1 aromatic carbocycles. The summed E-state index contributed by atoms with van der Waals surface area (Å²) >= 11 is 1.54. The van der Waals surface area contributed by atoms with Gasteiger partial charge in [-0.1, -0.05) is 30.0 Å². The van der Waals surface area contributed by atoms with Crippen LogP contribution in [0.2, 0.25) is 0 Å². The lowest BCUT2D eigenvalue weighted by Crippen LogP contribution is -1.89. The number of hydrogen-bond acceptors (Lipinski definition) is 4. The SMILES string of the molecule is CSc1nccc(-c2cccc(-c3ccn[nH]3)c2)n1. The minimum Gasteiger partial charge on any atom is -0.278 e. The molecule has 94 valence electrons. The zero-order valence-corrected chi connectivity index (χ0v) is 11.2. The molecular formula is C14H12N4S. The van der Waals surface area contributed by atoms with Gasteiger partial charge >= 0.3 is 0 Å². The van der Waals surface area contributed by atoms with Crippen LogP contribution in [0.5, 0.6) is 0 Å². The van der Waals surface area contributed by atoms with E-state index in [0.717, 1.165) is 27.7 Å². The van der Waals surface area contributed by atoms with Gasteiger partial charge in [0.25, 0.3) is 0 Å². The second-order valence-corrected chi connectivity index (χ2v) is 4.75. The summed E-state index contributed by atoms with van der Waals surface area (Å²) in [5, 5.41) is 7.72. The zero-order chi connectivity index (χ0) is 13.1. The molecule has 2 heterocycles. The average Bonchev–Trinajstić information content (AvgIpc) is 3.02. The summed E-state index contributed by atoms with van der Waals surface area (Å²) < 4.78 is 0. The molecule has 0 spiro atoms. The van der Waals surface area contributed by atoms with Crippen LogP contribution < -0.4 is 0 Å². The second kappa shape index (κ2) is 5.24. The molecular weight excluding hydrogens is 256 g/mol. The van der Waals surface area contributed by atoms with Gasteiger partial charge in [0.05, 0.1) is 11.4 Å². The van der Waals surface area contributed by atoms with E-state index in [2.05, 4.69) is 26.2 Å². The van der Waals surface area contributed by atoms with Gasteiger partial charge in [-0.3, -0.25) is 5.10 Å². The molecule has 0 fully saturated rings. The Hall–Kier alpha value is -2.14. The molecule has 0 aliphatic rings. The first-order valence-electron chi connectivity index (χ1n) is 5.84. The van der Waals surface area contributed by atoms with E-state index in [-0.39, 0.29) is 0 Å². The van der Waals surface area contributed by atoms with Gasteiger partial charge in [-0.25, -0.2) is 9.97 Å². The van der Waals surface area contributed by atoms with Crippen LogP contribution in [-0.4, -0.2) is 26.4 Å². The number of rotatable bonds is 3. The van der Waals surface area contributed by atoms with Crippen LogP contribution in [0, 0.1) is 0 Å². The largest absolute Gasteiger partial charge is 0.278 e. The van der Waals surface area contributed by atoms with Crippen molar-refractivity contribution in [3.05, 3.63) is 48.8 Å². The molecule has 4 nitrogen and oxygen atoms in total. The summed E-state index contributed by atoms with van der Waals surface area (Å²) in [7, 11) is 0. The Balaban J connectivity index is 2.03. The Morgan fingerprint density at radius 3 is 2.74 bits per heavy atom. The third kappa shape index (κ3) is 2.51. The van der Waals surface area contributed by atoms with Gasteiger partial charge < -0.3 is 0 Å². The van der Waals surface area contributed by atoms with E-state index in [0.29, 0.717) is 0 Å². The molecule has 3 aromatic rings. The molecule has 0 amide bonds. The van der Waals surface area contributed by atoms with E-state index in [9.17, 15) is 0 Å². The van der Waals surface area contributed by atoms with Crippen molar-refractivity contribution in [1.29, 1.82) is 0 Å². The van der Waals surface area contributed by atoms with Crippen molar-refractivity contribution in [3.8, 4) is 22.5 Å². The van der Waals surface area contributed by atoms with Crippen LogP contribution in [0.4, 0.5) is 0 Å². The van der Waals surface area contributed by atoms with E-state index in [1.165, 1.54) is 0 Å². The summed E-state index contributed by atoms with van der Waals surface area (Å²) in [6.07, 6.45) is 5.51. The maximum absolute atomic E-state index is 4.51. The second-order valence-electron chi connectivity index (χ2n) is 3.98. The summed E-state index contributed by atoms with van der Waals surface area (Å²) in [4.78, 5) is 8.70. The molecule has 0 unspecified atom stereocenters. The van der Waals surface area contributed by atoms with Crippen LogP contribution in [0.1, 0.15) is 0 Å². The van der Waals surface area contributed by atoms with Gasteiger partial charge in [-0.15, -0.1) is 0 Å². The highest BCUT2D eigenvalue weighted by molar-refractivity contribution is 7.98. The summed E-state index contributed by atoms with van der Waals surface area (Å²) in [6.45, 7) is 0. The van der Waals surface area contributed by atoms with E-state index in [1.807, 2.05) is 36.6 Å². The number of H-pyrrole nitrogens is 1. The van der Waals surface area contributed by atoms with Gasteiger partial charge in [0.1, 0.15) is 0 Å². The standard InChI is InChI=1S/C14H12N4S/c1-19-14-15-7-5-12(17-14)10-3-2-4-11(9-10)13-6-8-16-18-13/h2-9H,1H3,(H,16,18). The Bertz CT molecular complexity index is 679. The Labute approximate surface area is 115 Å². The highest BCUT2D eigenvalue weighted by atomic mass is 32.2. The van der Waals surface area contributed by atoms with Gasteiger partial charge in [-0.05, 0) is 24.5 Å². The van der Waals surface area contributed by atoms with E-state index in [4.69, 9.17) is 0 Å². The van der Waals surface area contributed by atoms with Crippen LogP contribution in [-0.2, 0) is 0 Å². The number of aromatic nitrogens is 4. The van der Waals surface area contributed by atoms with E-state index >= 15 is 0 Å². The molecule has 0 atom stereocenters. The van der Waals surface area contributed by atoms with Crippen LogP contribution in [0.25, 0.3) is 22.5 Å². The topological polar surface area (TPSA) is 54.5 Å². The van der Waals surface area contributed by atoms with Crippen LogP contribution in [0.3, 0.4) is 0 Å². The quantitative estimate of drug-likeness (QED) is 0.585. The number of benzene rings is 1. The van der Waals surface area contributed by atoms with Crippen molar-refractivity contribution in [2.45, 2.75) is 5.16 Å². The first kappa shape index (κ1) is 11.9. The maximum Gasteiger partial charge on any atom is 0.187 e. The lowest BCUT2D eigenvalue weighted by Gasteiger charge is -2.04. The smallest absolute Gasteiger partial charge is 0.187 e. The van der Waals surface area contributed by atoms with E-state index in [1.54, 1.807) is 24.2 Å². The molecule has 19 heavy (non-hydrogen) atoms. The first-order chi connectivity index (χ1) is 9.36. The fourth-order valence-electron chi connectivity index (χ4n) is 1.86. The Kier molecular flexibility index (Phi) is 3.29. The van der Waals surface area contributed by atoms with E-state index < -0.39 is 0 Å². The normalized spacial score (nSPS) is 10.6. The highest BCUT2D eigenvalue weighted by Gasteiger charge is 2.04. The maximum atomic E-state index is 4.51. The Morgan fingerprint density at radius 2 is 1.95 bits per heavy atom. The molecule has 0 radical (unpaired) electrons. The molecule has 3 rings (SSSR count). The highest BCUT2D eigenvalue weighted by Crippen LogP contribution is 2.24.